The topological polar surface area (TPSA) is 131 Å². The van der Waals surface area contributed by atoms with Crippen molar-refractivity contribution in [2.24, 2.45) is 5.73 Å². The molecule has 0 bridgehead atoms. The zero-order chi connectivity index (χ0) is 22.0. The van der Waals surface area contributed by atoms with Crippen LogP contribution in [-0.4, -0.2) is 40.0 Å². The van der Waals surface area contributed by atoms with Crippen LogP contribution in [-0.2, 0) is 27.4 Å². The average Bonchev–Trinajstić information content (AvgIpc) is 2.76. The van der Waals surface area contributed by atoms with Crippen molar-refractivity contribution in [3.63, 3.8) is 0 Å². The number of amides is 2. The zero-order valence-corrected chi connectivity index (χ0v) is 16.9. The molecule has 0 heterocycles. The molecule has 2 rings (SSSR count). The number of hydroxylamine groups is 1. The quantitative estimate of drug-likeness (QED) is 0.437. The molecule has 0 spiro atoms. The van der Waals surface area contributed by atoms with E-state index in [9.17, 15) is 19.8 Å². The molecule has 0 aliphatic rings. The molecule has 30 heavy (non-hydrogen) atoms. The molecule has 0 saturated heterocycles. The molecule has 2 aromatic rings. The van der Waals surface area contributed by atoms with E-state index in [0.717, 1.165) is 5.56 Å². The highest BCUT2D eigenvalue weighted by Gasteiger charge is 2.58. The van der Waals surface area contributed by atoms with Crippen LogP contribution in [0, 0.1) is 0 Å². The van der Waals surface area contributed by atoms with Gasteiger partial charge in [0.05, 0.1) is 13.2 Å². The molecule has 0 aliphatic carbocycles. The van der Waals surface area contributed by atoms with Crippen LogP contribution in [0.25, 0.3) is 0 Å². The summed E-state index contributed by atoms with van der Waals surface area (Å²) in [4.78, 5) is 29.0. The molecule has 0 saturated carbocycles. The fourth-order valence-electron chi connectivity index (χ4n) is 3.36. The lowest BCUT2D eigenvalue weighted by Gasteiger charge is -2.43. The van der Waals surface area contributed by atoms with Gasteiger partial charge in [-0.2, -0.15) is 5.48 Å². The van der Waals surface area contributed by atoms with E-state index in [0.29, 0.717) is 12.0 Å². The third-order valence-corrected chi connectivity index (χ3v) is 4.86. The van der Waals surface area contributed by atoms with Crippen LogP contribution in [0.2, 0.25) is 0 Å². The van der Waals surface area contributed by atoms with Crippen molar-refractivity contribution in [2.75, 3.05) is 6.61 Å². The first-order valence-corrected chi connectivity index (χ1v) is 9.68. The molecular weight excluding hydrogens is 388 g/mol. The van der Waals surface area contributed by atoms with Gasteiger partial charge in [-0.3, -0.25) is 0 Å². The summed E-state index contributed by atoms with van der Waals surface area (Å²) in [6.45, 7) is 1.00. The van der Waals surface area contributed by atoms with Crippen molar-refractivity contribution in [3.05, 3.63) is 71.8 Å². The second kappa shape index (κ2) is 10.7. The molecule has 2 atom stereocenters. The fraction of sp³-hybridized carbons (Fsp3) is 0.364. The third-order valence-electron chi connectivity index (χ3n) is 4.86. The summed E-state index contributed by atoms with van der Waals surface area (Å²) in [7, 11) is 0. The van der Waals surface area contributed by atoms with E-state index in [1.807, 2.05) is 24.3 Å². The number of aliphatic hydroxyl groups is 2. The van der Waals surface area contributed by atoms with E-state index in [1.165, 1.54) is 0 Å². The van der Waals surface area contributed by atoms with E-state index in [4.69, 9.17) is 15.3 Å². The minimum Gasteiger partial charge on any atom is -0.393 e. The van der Waals surface area contributed by atoms with Gasteiger partial charge in [0.1, 0.15) is 5.60 Å². The number of rotatable bonds is 10. The molecular formula is C22H28N2O6. The molecule has 0 aromatic heterocycles. The molecule has 0 aliphatic heterocycles. The molecule has 162 valence electrons. The van der Waals surface area contributed by atoms with Gasteiger partial charge in [0.15, 0.2) is 5.60 Å². The van der Waals surface area contributed by atoms with Crippen molar-refractivity contribution in [1.82, 2.24) is 5.48 Å². The van der Waals surface area contributed by atoms with Gasteiger partial charge in [0.25, 0.3) is 0 Å². The Hall–Kier alpha value is -2.94. The first-order chi connectivity index (χ1) is 14.4. The summed E-state index contributed by atoms with van der Waals surface area (Å²) in [5.41, 5.74) is 4.24. The van der Waals surface area contributed by atoms with Crippen LogP contribution < -0.4 is 11.2 Å². The highest BCUT2D eigenvalue weighted by molar-refractivity contribution is 5.83. The SMILES string of the molecule is CCCC(OCc1ccccc1)(C(=O)ONC(N)=O)C(O)(CO)Cc1ccccc1. The first-order valence-electron chi connectivity index (χ1n) is 9.68. The van der Waals surface area contributed by atoms with Crippen LogP contribution in [0.15, 0.2) is 60.7 Å². The predicted octanol–water partition coefficient (Wildman–Crippen LogP) is 1.83. The Morgan fingerprint density at radius 3 is 2.10 bits per heavy atom. The van der Waals surface area contributed by atoms with Gasteiger partial charge >= 0.3 is 12.0 Å². The van der Waals surface area contributed by atoms with E-state index in [2.05, 4.69) is 0 Å². The Balaban J connectivity index is 2.45. The monoisotopic (exact) mass is 416 g/mol. The van der Waals surface area contributed by atoms with E-state index >= 15 is 0 Å². The summed E-state index contributed by atoms with van der Waals surface area (Å²) >= 11 is 0. The highest BCUT2D eigenvalue weighted by atomic mass is 16.7. The third kappa shape index (κ3) is 5.56. The molecule has 0 fully saturated rings. The predicted molar refractivity (Wildman–Crippen MR) is 110 cm³/mol. The van der Waals surface area contributed by atoms with Crippen LogP contribution in [0.3, 0.4) is 0 Å². The Labute approximate surface area is 175 Å². The van der Waals surface area contributed by atoms with Gasteiger partial charge in [0.2, 0.25) is 0 Å². The molecule has 8 heteroatoms. The second-order valence-electron chi connectivity index (χ2n) is 7.06. The first kappa shape index (κ1) is 23.3. The van der Waals surface area contributed by atoms with Crippen molar-refractivity contribution < 1.29 is 29.4 Å². The summed E-state index contributed by atoms with van der Waals surface area (Å²) in [6.07, 6.45) is 0.380. The number of carbonyl (C=O) groups excluding carboxylic acids is 2. The maximum absolute atomic E-state index is 13.1. The van der Waals surface area contributed by atoms with Crippen molar-refractivity contribution in [1.29, 1.82) is 0 Å². The Morgan fingerprint density at radius 1 is 1.03 bits per heavy atom. The van der Waals surface area contributed by atoms with Gasteiger partial charge in [-0.25, -0.2) is 9.59 Å². The van der Waals surface area contributed by atoms with Gasteiger partial charge in [-0.1, -0.05) is 74.0 Å². The molecule has 5 N–H and O–H groups in total. The van der Waals surface area contributed by atoms with Gasteiger partial charge < -0.3 is 25.5 Å². The highest BCUT2D eigenvalue weighted by Crippen LogP contribution is 2.36. The summed E-state index contributed by atoms with van der Waals surface area (Å²) in [5, 5.41) is 21.7. The Kier molecular flexibility index (Phi) is 8.35. The average molecular weight is 416 g/mol. The number of ether oxygens (including phenoxy) is 1. The van der Waals surface area contributed by atoms with Gasteiger partial charge in [0, 0.05) is 6.42 Å². The van der Waals surface area contributed by atoms with Crippen LogP contribution in [0.5, 0.6) is 0 Å². The maximum Gasteiger partial charge on any atom is 0.366 e. The van der Waals surface area contributed by atoms with Crippen molar-refractivity contribution in [3.8, 4) is 0 Å². The molecule has 8 nitrogen and oxygen atoms in total. The Morgan fingerprint density at radius 2 is 1.60 bits per heavy atom. The minimum atomic E-state index is -2.03. The molecule has 2 amide bonds. The number of aliphatic hydroxyl groups excluding tert-OH is 1. The van der Waals surface area contributed by atoms with Crippen LogP contribution in [0.1, 0.15) is 30.9 Å². The lowest BCUT2D eigenvalue weighted by Crippen LogP contribution is -2.65. The summed E-state index contributed by atoms with van der Waals surface area (Å²) in [6, 6.07) is 16.9. The number of carbonyl (C=O) groups is 2. The molecule has 0 radical (unpaired) electrons. The van der Waals surface area contributed by atoms with Crippen LogP contribution in [0.4, 0.5) is 4.79 Å². The van der Waals surface area contributed by atoms with Crippen LogP contribution >= 0.6 is 0 Å². The van der Waals surface area contributed by atoms with E-state index in [-0.39, 0.29) is 19.4 Å². The van der Waals surface area contributed by atoms with Crippen molar-refractivity contribution >= 4 is 12.0 Å². The minimum absolute atomic E-state index is 0.0242. The fourth-order valence-corrected chi connectivity index (χ4v) is 3.36. The number of hydrogen-bond donors (Lipinski definition) is 4. The van der Waals surface area contributed by atoms with Crippen molar-refractivity contribution in [2.45, 2.75) is 44.0 Å². The maximum atomic E-state index is 13.1. The second-order valence-corrected chi connectivity index (χ2v) is 7.06. The normalized spacial score (nSPS) is 14.9. The number of hydrogen-bond acceptors (Lipinski definition) is 6. The number of benzene rings is 2. The largest absolute Gasteiger partial charge is 0.393 e. The number of nitrogens with two attached hydrogens (primary N) is 1. The number of primary amides is 1. The van der Waals surface area contributed by atoms with E-state index < -0.39 is 29.8 Å². The molecule has 2 aromatic carbocycles. The lowest BCUT2D eigenvalue weighted by atomic mass is 9.75. The number of nitrogens with one attached hydrogen (secondary N) is 1. The number of urea groups is 1. The summed E-state index contributed by atoms with van der Waals surface area (Å²) < 4.78 is 6.00. The lowest BCUT2D eigenvalue weighted by molar-refractivity contribution is -0.231. The van der Waals surface area contributed by atoms with E-state index in [1.54, 1.807) is 48.8 Å². The van der Waals surface area contributed by atoms with Gasteiger partial charge in [-0.15, -0.1) is 0 Å². The Bertz CT molecular complexity index is 817. The molecule has 2 unspecified atom stereocenters. The zero-order valence-electron chi connectivity index (χ0n) is 16.9. The van der Waals surface area contributed by atoms with Gasteiger partial charge in [-0.05, 0) is 17.5 Å². The standard InChI is InChI=1S/C22H28N2O6/c1-2-13-22(19(26)30-24-20(23)27,29-15-18-11-7-4-8-12-18)21(28,16-25)14-17-9-5-3-6-10-17/h3-12,25,28H,2,13-16H2,1H3,(H3,23,24,27). The smallest absolute Gasteiger partial charge is 0.366 e. The summed E-state index contributed by atoms with van der Waals surface area (Å²) in [5.74, 6) is -1.05.